The molecule has 9 heteroatoms. The van der Waals surface area contributed by atoms with Crippen LogP contribution in [0.4, 0.5) is 4.39 Å². The Kier molecular flexibility index (Phi) is 8.01. The van der Waals surface area contributed by atoms with E-state index in [1.807, 2.05) is 45.0 Å². The zero-order chi connectivity index (χ0) is 29.5. The smallest absolute Gasteiger partial charge is 0.304 e. The largest absolute Gasteiger partial charge is 0.493 e. The Labute approximate surface area is 240 Å². The van der Waals surface area contributed by atoms with E-state index in [0.717, 1.165) is 33.4 Å². The predicted octanol–water partition coefficient (Wildman–Crippen LogP) is 6.19. The van der Waals surface area contributed by atoms with Gasteiger partial charge < -0.3 is 19.3 Å². The fourth-order valence-electron chi connectivity index (χ4n) is 6.14. The van der Waals surface area contributed by atoms with E-state index in [0.29, 0.717) is 48.9 Å². The first-order valence-electron chi connectivity index (χ1n) is 13.8. The quantitative estimate of drug-likeness (QED) is 0.305. The van der Waals surface area contributed by atoms with Gasteiger partial charge in [-0.05, 0) is 78.8 Å². The molecule has 0 saturated carbocycles. The van der Waals surface area contributed by atoms with Gasteiger partial charge in [0.1, 0.15) is 39.0 Å². The van der Waals surface area contributed by atoms with Gasteiger partial charge in [0.05, 0.1) is 25.4 Å². The van der Waals surface area contributed by atoms with Crippen LogP contribution in [0.2, 0.25) is 0 Å². The van der Waals surface area contributed by atoms with Crippen LogP contribution >= 0.6 is 0 Å². The lowest BCUT2D eigenvalue weighted by Gasteiger charge is -2.19. The number of hydrogen-bond donors (Lipinski definition) is 1. The highest BCUT2D eigenvalue weighted by Crippen LogP contribution is 2.45. The summed E-state index contributed by atoms with van der Waals surface area (Å²) in [6.07, 6.45) is 2.06. The van der Waals surface area contributed by atoms with E-state index in [-0.39, 0.29) is 29.8 Å². The molecule has 3 atom stereocenters. The first-order valence-corrected chi connectivity index (χ1v) is 15.8. The highest BCUT2D eigenvalue weighted by atomic mass is 32.2. The van der Waals surface area contributed by atoms with E-state index >= 15 is 4.39 Å². The molecular weight excluding hydrogens is 547 g/mol. The number of fused-ring (bicyclic) bond motifs is 2. The van der Waals surface area contributed by atoms with E-state index in [2.05, 4.69) is 0 Å². The minimum atomic E-state index is -3.08. The number of aryl methyl sites for hydroxylation is 2. The van der Waals surface area contributed by atoms with Crippen molar-refractivity contribution < 1.29 is 36.9 Å². The fraction of sp³-hybridized carbons (Fsp3) is 0.406. The van der Waals surface area contributed by atoms with Gasteiger partial charge in [-0.1, -0.05) is 19.1 Å². The van der Waals surface area contributed by atoms with Gasteiger partial charge in [0, 0.05) is 35.3 Å². The molecule has 1 N–H and O–H groups in total. The molecule has 41 heavy (non-hydrogen) atoms. The van der Waals surface area contributed by atoms with E-state index < -0.39 is 21.9 Å². The molecular formula is C32H35FO7S. The summed E-state index contributed by atoms with van der Waals surface area (Å²) in [6, 6.07) is 12.6. The van der Waals surface area contributed by atoms with Gasteiger partial charge in [-0.15, -0.1) is 0 Å². The molecule has 0 spiro atoms. The Hall–Kier alpha value is -3.59. The molecule has 0 amide bonds. The molecule has 218 valence electrons. The zero-order valence-corrected chi connectivity index (χ0v) is 24.5. The van der Waals surface area contributed by atoms with Crippen molar-refractivity contribution >= 4 is 15.8 Å². The lowest BCUT2D eigenvalue weighted by Crippen LogP contribution is -2.18. The fourth-order valence-corrected chi connectivity index (χ4v) is 7.27. The van der Waals surface area contributed by atoms with Gasteiger partial charge in [0.15, 0.2) is 0 Å². The van der Waals surface area contributed by atoms with Crippen LogP contribution in [0.1, 0.15) is 59.6 Å². The minimum Gasteiger partial charge on any atom is -0.493 e. The molecule has 1 aliphatic carbocycles. The normalized spacial score (nSPS) is 18.4. The van der Waals surface area contributed by atoms with Crippen molar-refractivity contribution in [2.24, 2.45) is 5.92 Å². The van der Waals surface area contributed by atoms with Crippen LogP contribution < -0.4 is 14.2 Å². The van der Waals surface area contributed by atoms with Crippen LogP contribution in [0, 0.1) is 25.6 Å². The van der Waals surface area contributed by atoms with Crippen LogP contribution in [0.3, 0.4) is 0 Å². The second-order valence-corrected chi connectivity index (χ2v) is 13.6. The van der Waals surface area contributed by atoms with Crippen LogP contribution in [0.5, 0.6) is 17.2 Å². The number of benzene rings is 3. The summed E-state index contributed by atoms with van der Waals surface area (Å²) in [4.78, 5) is 11.2. The Morgan fingerprint density at radius 3 is 2.54 bits per heavy atom. The Bertz CT molecular complexity index is 1570. The second-order valence-electron chi connectivity index (χ2n) is 11.4. The molecule has 0 saturated heterocycles. The molecule has 0 fully saturated rings. The number of rotatable bonds is 10. The number of halogens is 1. The lowest BCUT2D eigenvalue weighted by molar-refractivity contribution is -0.137. The molecule has 5 rings (SSSR count). The third-order valence-electron chi connectivity index (χ3n) is 7.74. The van der Waals surface area contributed by atoms with Crippen molar-refractivity contribution in [1.82, 2.24) is 0 Å². The third kappa shape index (κ3) is 6.35. The molecule has 0 unspecified atom stereocenters. The van der Waals surface area contributed by atoms with Gasteiger partial charge in [-0.2, -0.15) is 0 Å². The van der Waals surface area contributed by atoms with Crippen molar-refractivity contribution in [2.75, 3.05) is 25.2 Å². The van der Waals surface area contributed by atoms with E-state index in [9.17, 15) is 13.2 Å². The van der Waals surface area contributed by atoms with Crippen molar-refractivity contribution in [2.45, 2.75) is 52.1 Å². The summed E-state index contributed by atoms with van der Waals surface area (Å²) >= 11 is 0. The van der Waals surface area contributed by atoms with Gasteiger partial charge in [0.25, 0.3) is 0 Å². The van der Waals surface area contributed by atoms with Crippen molar-refractivity contribution in [1.29, 1.82) is 0 Å². The average molecular weight is 583 g/mol. The molecule has 0 bridgehead atoms. The van der Waals surface area contributed by atoms with Crippen LogP contribution in [-0.2, 0) is 21.1 Å². The van der Waals surface area contributed by atoms with Gasteiger partial charge >= 0.3 is 5.97 Å². The maximum atomic E-state index is 15.3. The van der Waals surface area contributed by atoms with E-state index in [1.54, 1.807) is 12.1 Å². The zero-order valence-electron chi connectivity index (χ0n) is 23.7. The second kappa shape index (κ2) is 11.4. The Morgan fingerprint density at radius 1 is 1.12 bits per heavy atom. The Morgan fingerprint density at radius 2 is 1.85 bits per heavy atom. The SMILES string of the molecule is Cc1cc(OC[C@@H](C)CS(C)(=O)=O)cc(C)c1-c1ccc(F)c2c1CC[C@H]2Oc1ccc2c(c1)OC[C@H]2CC(=O)O. The molecule has 3 aromatic rings. The van der Waals surface area contributed by atoms with Crippen LogP contribution in [0.15, 0.2) is 42.5 Å². The van der Waals surface area contributed by atoms with Gasteiger partial charge in [0.2, 0.25) is 0 Å². The van der Waals surface area contributed by atoms with Crippen molar-refractivity contribution in [3.8, 4) is 28.4 Å². The standard InChI is InChI=1S/C32H35FO7S/c1-18(17-41(4,36)37)15-38-23-11-19(2)31(20(3)12-23)25-7-9-27(33)32-26(25)8-10-28(32)40-22-5-6-24-21(13-30(34)35)16-39-29(24)14-22/h5-7,9,11-12,14,18,21,28H,8,10,13,15-17H2,1-4H3,(H,34,35)/t18-,21-,28-/m1/s1. The molecule has 1 heterocycles. The van der Waals surface area contributed by atoms with Crippen LogP contribution in [-0.4, -0.2) is 44.7 Å². The summed E-state index contributed by atoms with van der Waals surface area (Å²) in [7, 11) is -3.08. The lowest BCUT2D eigenvalue weighted by atomic mass is 9.90. The molecule has 7 nitrogen and oxygen atoms in total. The van der Waals surface area contributed by atoms with Crippen molar-refractivity contribution in [3.05, 3.63) is 76.1 Å². The van der Waals surface area contributed by atoms with E-state index in [4.69, 9.17) is 19.3 Å². The molecule has 0 radical (unpaired) electrons. The summed E-state index contributed by atoms with van der Waals surface area (Å²) in [5, 5.41) is 9.15. The third-order valence-corrected chi connectivity index (χ3v) is 8.92. The summed E-state index contributed by atoms with van der Waals surface area (Å²) in [5.41, 5.74) is 6.30. The predicted molar refractivity (Wildman–Crippen MR) is 154 cm³/mol. The first kappa shape index (κ1) is 28.9. The number of aliphatic carboxylic acids is 1. The molecule has 2 aliphatic rings. The summed E-state index contributed by atoms with van der Waals surface area (Å²) in [6.45, 7) is 6.45. The maximum Gasteiger partial charge on any atom is 0.304 e. The van der Waals surface area contributed by atoms with E-state index in [1.165, 1.54) is 12.3 Å². The van der Waals surface area contributed by atoms with Crippen LogP contribution in [0.25, 0.3) is 11.1 Å². The molecule has 1 aliphatic heterocycles. The average Bonchev–Trinajstić information content (AvgIpc) is 3.47. The number of carboxylic acids is 1. The number of carboxylic acid groups (broad SMARTS) is 1. The maximum absolute atomic E-state index is 15.3. The summed E-state index contributed by atoms with van der Waals surface area (Å²) < 4.78 is 56.4. The number of ether oxygens (including phenoxy) is 3. The highest BCUT2D eigenvalue weighted by molar-refractivity contribution is 7.90. The van der Waals surface area contributed by atoms with Gasteiger partial charge in [-0.25, -0.2) is 12.8 Å². The Balaban J connectivity index is 1.37. The number of sulfone groups is 1. The highest BCUT2D eigenvalue weighted by Gasteiger charge is 2.32. The monoisotopic (exact) mass is 582 g/mol. The summed E-state index contributed by atoms with van der Waals surface area (Å²) in [5.74, 6) is 0.412. The van der Waals surface area contributed by atoms with Gasteiger partial charge in [-0.3, -0.25) is 4.79 Å². The topological polar surface area (TPSA) is 99.1 Å². The molecule has 0 aromatic heterocycles. The van der Waals surface area contributed by atoms with Crippen molar-refractivity contribution in [3.63, 3.8) is 0 Å². The number of carbonyl (C=O) groups is 1. The molecule has 3 aromatic carbocycles. The first-order chi connectivity index (χ1) is 19.4. The number of hydrogen-bond acceptors (Lipinski definition) is 6. The minimum absolute atomic E-state index is 0.00539.